The van der Waals surface area contributed by atoms with Crippen molar-refractivity contribution in [2.24, 2.45) is 4.99 Å². The number of benzene rings is 2. The second-order valence-electron chi connectivity index (χ2n) is 8.76. The van der Waals surface area contributed by atoms with Crippen molar-refractivity contribution in [2.45, 2.75) is 31.8 Å². The predicted molar refractivity (Wildman–Crippen MR) is 138 cm³/mol. The molecule has 0 bridgehead atoms. The van der Waals surface area contributed by atoms with Crippen molar-refractivity contribution < 1.29 is 14.3 Å². The largest absolute Gasteiger partial charge is 0.493 e. The summed E-state index contributed by atoms with van der Waals surface area (Å²) in [6.45, 7) is 2.04. The highest BCUT2D eigenvalue weighted by Gasteiger charge is 2.32. The lowest BCUT2D eigenvalue weighted by Crippen LogP contribution is -2.35. The summed E-state index contributed by atoms with van der Waals surface area (Å²) in [5, 5.41) is 2.07. The fourth-order valence-corrected chi connectivity index (χ4v) is 5.64. The highest BCUT2D eigenvalue weighted by atomic mass is 32.1. The molecular formula is C27H26N4O3S. The van der Waals surface area contributed by atoms with Crippen LogP contribution in [0.5, 0.6) is 11.5 Å². The number of aliphatic imine (C=N–C) groups is 1. The lowest BCUT2D eigenvalue weighted by Gasteiger charge is -2.20. The van der Waals surface area contributed by atoms with Gasteiger partial charge in [0.1, 0.15) is 0 Å². The van der Waals surface area contributed by atoms with Crippen molar-refractivity contribution in [1.29, 1.82) is 0 Å². The Morgan fingerprint density at radius 1 is 1.14 bits per heavy atom. The number of methoxy groups -OCH3 is 1. The van der Waals surface area contributed by atoms with Gasteiger partial charge in [0.25, 0.3) is 5.91 Å². The number of carbonyl (C=O) groups is 1. The average molecular weight is 487 g/mol. The lowest BCUT2D eigenvalue weighted by atomic mass is 10.1. The normalized spacial score (nSPS) is 16.9. The van der Waals surface area contributed by atoms with Gasteiger partial charge in [-0.05, 0) is 48.9 Å². The molecule has 35 heavy (non-hydrogen) atoms. The van der Waals surface area contributed by atoms with Crippen LogP contribution in [0.15, 0.2) is 58.9 Å². The minimum atomic E-state index is 0.0120. The third kappa shape index (κ3) is 3.97. The molecule has 0 unspecified atom stereocenters. The van der Waals surface area contributed by atoms with Gasteiger partial charge >= 0.3 is 0 Å². The first-order valence-corrected chi connectivity index (χ1v) is 12.8. The molecule has 2 aliphatic heterocycles. The molecule has 2 aromatic carbocycles. The third-order valence-electron chi connectivity index (χ3n) is 6.64. The van der Waals surface area contributed by atoms with Gasteiger partial charge in [-0.15, -0.1) is 11.3 Å². The zero-order valence-electron chi connectivity index (χ0n) is 19.5. The van der Waals surface area contributed by atoms with E-state index in [2.05, 4.69) is 33.1 Å². The quantitative estimate of drug-likeness (QED) is 0.321. The number of imidazole rings is 1. The number of aryl methyl sites for hydroxylation is 1. The Bertz CT molecular complexity index is 1410. The fraction of sp³-hybridized carbons (Fsp3) is 0.296. The van der Waals surface area contributed by atoms with E-state index in [1.54, 1.807) is 24.5 Å². The first kappa shape index (κ1) is 21.9. The standard InChI is InChI=1S/C27H26N4O3S/c1-33-23-15-19-21(28-17-18-7-4-11-30(18)27(19)32)16-24(23)34-13-6-12-31-22-9-3-2-8-20(22)29-26(31)25-10-5-14-35-25/h2-3,5,8-10,14-18H,4,6-7,11-13H2,1H3/t18-/m0/s1. The number of hydrogen-bond acceptors (Lipinski definition) is 6. The summed E-state index contributed by atoms with van der Waals surface area (Å²) in [4.78, 5) is 25.6. The van der Waals surface area contributed by atoms with E-state index in [0.717, 1.165) is 54.1 Å². The second kappa shape index (κ2) is 9.19. The SMILES string of the molecule is COc1cc2c(cc1OCCCn1c(-c3cccs3)nc3ccccc31)N=C[C@@H]1CCCN1C2=O. The number of amides is 1. The van der Waals surface area contributed by atoms with Gasteiger partial charge in [-0.2, -0.15) is 0 Å². The summed E-state index contributed by atoms with van der Waals surface area (Å²) in [7, 11) is 1.60. The number of thiophene rings is 1. The fourth-order valence-electron chi connectivity index (χ4n) is 4.92. The van der Waals surface area contributed by atoms with Crippen LogP contribution in [0, 0.1) is 0 Å². The van der Waals surface area contributed by atoms with Crippen LogP contribution in [0.4, 0.5) is 5.69 Å². The Kier molecular flexibility index (Phi) is 5.74. The van der Waals surface area contributed by atoms with Crippen LogP contribution in [0.25, 0.3) is 21.7 Å². The Morgan fingerprint density at radius 2 is 2.06 bits per heavy atom. The molecule has 1 saturated heterocycles. The number of carbonyl (C=O) groups excluding carboxylic acids is 1. The molecule has 0 spiro atoms. The minimum Gasteiger partial charge on any atom is -0.493 e. The molecular weight excluding hydrogens is 460 g/mol. The second-order valence-corrected chi connectivity index (χ2v) is 9.71. The molecule has 2 aromatic heterocycles. The molecule has 2 aliphatic rings. The summed E-state index contributed by atoms with van der Waals surface area (Å²) in [5.74, 6) is 2.15. The molecule has 0 saturated carbocycles. The highest BCUT2D eigenvalue weighted by molar-refractivity contribution is 7.13. The van der Waals surface area contributed by atoms with Crippen molar-refractivity contribution >= 4 is 40.2 Å². The molecule has 6 rings (SSSR count). The van der Waals surface area contributed by atoms with Gasteiger partial charge < -0.3 is 18.9 Å². The van der Waals surface area contributed by atoms with Crippen molar-refractivity contribution in [3.63, 3.8) is 0 Å². The number of hydrogen-bond donors (Lipinski definition) is 0. The molecule has 4 heterocycles. The average Bonchev–Trinajstić information content (AvgIpc) is 3.63. The highest BCUT2D eigenvalue weighted by Crippen LogP contribution is 2.38. The van der Waals surface area contributed by atoms with Crippen LogP contribution in [0.3, 0.4) is 0 Å². The van der Waals surface area contributed by atoms with E-state index in [0.29, 0.717) is 29.4 Å². The molecule has 0 aliphatic carbocycles. The number of aromatic nitrogens is 2. The summed E-state index contributed by atoms with van der Waals surface area (Å²) < 4.78 is 14.0. The van der Waals surface area contributed by atoms with Gasteiger partial charge in [0.2, 0.25) is 0 Å². The van der Waals surface area contributed by atoms with E-state index in [9.17, 15) is 4.79 Å². The van der Waals surface area contributed by atoms with Crippen molar-refractivity contribution in [3.8, 4) is 22.2 Å². The van der Waals surface area contributed by atoms with E-state index < -0.39 is 0 Å². The van der Waals surface area contributed by atoms with Gasteiger partial charge in [-0.3, -0.25) is 9.79 Å². The van der Waals surface area contributed by atoms with E-state index >= 15 is 0 Å². The van der Waals surface area contributed by atoms with Crippen LogP contribution < -0.4 is 9.47 Å². The number of ether oxygens (including phenoxy) is 2. The van der Waals surface area contributed by atoms with Crippen molar-refractivity contribution in [1.82, 2.24) is 14.5 Å². The maximum atomic E-state index is 13.1. The van der Waals surface area contributed by atoms with Crippen molar-refractivity contribution in [3.05, 3.63) is 59.5 Å². The van der Waals surface area contributed by atoms with E-state index in [1.807, 2.05) is 35.4 Å². The van der Waals surface area contributed by atoms with Gasteiger partial charge in [0, 0.05) is 25.4 Å². The summed E-state index contributed by atoms with van der Waals surface area (Å²) >= 11 is 1.69. The molecule has 8 heteroatoms. The molecule has 1 fully saturated rings. The molecule has 178 valence electrons. The number of para-hydroxylation sites is 2. The van der Waals surface area contributed by atoms with E-state index in [4.69, 9.17) is 14.5 Å². The van der Waals surface area contributed by atoms with Gasteiger partial charge in [-0.1, -0.05) is 18.2 Å². The predicted octanol–water partition coefficient (Wildman–Crippen LogP) is 5.56. The summed E-state index contributed by atoms with van der Waals surface area (Å²) in [6.07, 6.45) is 4.65. The molecule has 0 N–H and O–H groups in total. The van der Waals surface area contributed by atoms with Crippen LogP contribution in [0.2, 0.25) is 0 Å². The first-order valence-electron chi connectivity index (χ1n) is 11.9. The van der Waals surface area contributed by atoms with Crippen LogP contribution in [0.1, 0.15) is 29.6 Å². The van der Waals surface area contributed by atoms with Crippen LogP contribution in [-0.2, 0) is 6.54 Å². The Labute approximate surface area is 207 Å². The minimum absolute atomic E-state index is 0.0120. The number of rotatable bonds is 7. The Balaban J connectivity index is 1.21. The molecule has 0 radical (unpaired) electrons. The molecule has 7 nitrogen and oxygen atoms in total. The zero-order valence-corrected chi connectivity index (χ0v) is 20.3. The third-order valence-corrected chi connectivity index (χ3v) is 7.50. The first-order chi connectivity index (χ1) is 17.2. The summed E-state index contributed by atoms with van der Waals surface area (Å²) in [5.41, 5.74) is 3.32. The van der Waals surface area contributed by atoms with Crippen LogP contribution >= 0.6 is 11.3 Å². The zero-order chi connectivity index (χ0) is 23.8. The van der Waals surface area contributed by atoms with E-state index in [1.165, 1.54) is 0 Å². The monoisotopic (exact) mass is 486 g/mol. The van der Waals surface area contributed by atoms with Crippen molar-refractivity contribution in [2.75, 3.05) is 20.3 Å². The molecule has 1 amide bonds. The maximum absolute atomic E-state index is 13.1. The molecule has 1 atom stereocenters. The Morgan fingerprint density at radius 3 is 2.91 bits per heavy atom. The maximum Gasteiger partial charge on any atom is 0.256 e. The number of fused-ring (bicyclic) bond motifs is 3. The Hall–Kier alpha value is -3.65. The smallest absolute Gasteiger partial charge is 0.256 e. The van der Waals surface area contributed by atoms with Gasteiger partial charge in [0.05, 0.1) is 46.9 Å². The lowest BCUT2D eigenvalue weighted by molar-refractivity contribution is 0.0774. The number of nitrogens with zero attached hydrogens (tertiary/aromatic N) is 4. The summed E-state index contributed by atoms with van der Waals surface area (Å²) in [6, 6.07) is 16.0. The van der Waals surface area contributed by atoms with Crippen LogP contribution in [-0.4, -0.2) is 52.9 Å². The van der Waals surface area contributed by atoms with E-state index in [-0.39, 0.29) is 11.9 Å². The molecule has 4 aromatic rings. The topological polar surface area (TPSA) is 69.0 Å². The van der Waals surface area contributed by atoms with Gasteiger partial charge in [-0.25, -0.2) is 4.98 Å². The van der Waals surface area contributed by atoms with Gasteiger partial charge in [0.15, 0.2) is 17.3 Å².